The summed E-state index contributed by atoms with van der Waals surface area (Å²) in [6, 6.07) is 21.5. The second kappa shape index (κ2) is 9.89. The van der Waals surface area contributed by atoms with E-state index in [9.17, 15) is 5.11 Å². The zero-order valence-corrected chi connectivity index (χ0v) is 20.1. The number of hydrogen-bond donors (Lipinski definition) is 1. The molecule has 1 aromatic heterocycles. The van der Waals surface area contributed by atoms with E-state index in [-0.39, 0.29) is 5.41 Å². The Balaban J connectivity index is 1.44. The molecular formula is C30H35NO3. The summed E-state index contributed by atoms with van der Waals surface area (Å²) < 4.78 is 11.8. The summed E-state index contributed by atoms with van der Waals surface area (Å²) in [5.41, 5.74) is 4.60. The van der Waals surface area contributed by atoms with Crippen LogP contribution in [0.5, 0.6) is 5.75 Å². The fourth-order valence-corrected chi connectivity index (χ4v) is 6.19. The second-order valence-electron chi connectivity index (χ2n) is 10.1. The van der Waals surface area contributed by atoms with Crippen LogP contribution < -0.4 is 4.74 Å². The van der Waals surface area contributed by atoms with Crippen molar-refractivity contribution in [2.75, 3.05) is 13.2 Å². The second-order valence-corrected chi connectivity index (χ2v) is 10.1. The third-order valence-electron chi connectivity index (χ3n) is 7.89. The summed E-state index contributed by atoms with van der Waals surface area (Å²) in [5.74, 6) is 1.35. The smallest absolute Gasteiger partial charge is 0.120 e. The highest BCUT2D eigenvalue weighted by molar-refractivity contribution is 5.45. The number of fused-ring (bicyclic) bond motifs is 3. The zero-order chi connectivity index (χ0) is 23.4. The van der Waals surface area contributed by atoms with Crippen molar-refractivity contribution in [1.82, 2.24) is 4.98 Å². The van der Waals surface area contributed by atoms with Gasteiger partial charge >= 0.3 is 0 Å². The molecule has 0 saturated heterocycles. The van der Waals surface area contributed by atoms with E-state index >= 15 is 0 Å². The molecule has 2 aliphatic rings. The van der Waals surface area contributed by atoms with Crippen molar-refractivity contribution in [3.05, 3.63) is 95.3 Å². The molecule has 0 radical (unpaired) electrons. The van der Waals surface area contributed by atoms with E-state index in [0.717, 1.165) is 49.8 Å². The molecule has 0 spiro atoms. The lowest BCUT2D eigenvalue weighted by Gasteiger charge is -2.53. The van der Waals surface area contributed by atoms with Crippen molar-refractivity contribution < 1.29 is 14.6 Å². The first-order chi connectivity index (χ1) is 16.6. The standard InChI is InChI=1S/C30H35NO3/c1-2-33-22-29(32)14-15-30(18-23-7-4-3-5-8-23)26(19-29)11-10-25-17-27(12-13-28(25)30)34-21-24-9-6-16-31-20-24/h3-9,12-13,16-17,20,26,32H,2,10-11,14-15,18-19,21-22H2,1H3/t26-,29-,30+/m1/s1. The molecular weight excluding hydrogens is 422 g/mol. The third kappa shape index (κ3) is 4.75. The van der Waals surface area contributed by atoms with Gasteiger partial charge in [-0.1, -0.05) is 42.5 Å². The van der Waals surface area contributed by atoms with Crippen LogP contribution in [0.3, 0.4) is 0 Å². The maximum absolute atomic E-state index is 11.3. The Morgan fingerprint density at radius 3 is 2.68 bits per heavy atom. The van der Waals surface area contributed by atoms with Gasteiger partial charge in [-0.15, -0.1) is 0 Å². The SMILES string of the molecule is CCOC[C@@]1(O)CC[C@@]2(Cc3ccccc3)c3ccc(OCc4cccnc4)cc3CC[C@@H]2C1. The van der Waals surface area contributed by atoms with Crippen molar-refractivity contribution in [3.8, 4) is 5.75 Å². The molecule has 0 amide bonds. The maximum Gasteiger partial charge on any atom is 0.120 e. The molecule has 34 heavy (non-hydrogen) atoms. The Kier molecular flexibility index (Phi) is 6.71. The van der Waals surface area contributed by atoms with Gasteiger partial charge in [-0.25, -0.2) is 0 Å². The lowest BCUT2D eigenvalue weighted by molar-refractivity contribution is -0.0990. The van der Waals surface area contributed by atoms with Crippen LogP contribution in [0.1, 0.15) is 54.9 Å². The van der Waals surface area contributed by atoms with Gasteiger partial charge in [0.05, 0.1) is 12.2 Å². The molecule has 3 aromatic rings. The van der Waals surface area contributed by atoms with Crippen molar-refractivity contribution >= 4 is 0 Å². The molecule has 2 aromatic carbocycles. The fourth-order valence-electron chi connectivity index (χ4n) is 6.19. The third-order valence-corrected chi connectivity index (χ3v) is 7.89. The summed E-state index contributed by atoms with van der Waals surface area (Å²) in [6.45, 7) is 3.60. The summed E-state index contributed by atoms with van der Waals surface area (Å²) in [5, 5.41) is 11.3. The summed E-state index contributed by atoms with van der Waals surface area (Å²) >= 11 is 0. The minimum atomic E-state index is -0.717. The van der Waals surface area contributed by atoms with Crippen LogP contribution >= 0.6 is 0 Å². The molecule has 4 heteroatoms. The average Bonchev–Trinajstić information content (AvgIpc) is 2.88. The van der Waals surface area contributed by atoms with E-state index in [2.05, 4.69) is 53.5 Å². The first kappa shape index (κ1) is 23.1. The molecule has 2 aliphatic carbocycles. The first-order valence-corrected chi connectivity index (χ1v) is 12.6. The van der Waals surface area contributed by atoms with Crippen LogP contribution in [-0.2, 0) is 29.6 Å². The highest BCUT2D eigenvalue weighted by atomic mass is 16.5. The Hall–Kier alpha value is -2.69. The molecule has 5 rings (SSSR count). The number of aliphatic hydroxyl groups is 1. The number of aromatic nitrogens is 1. The quantitative estimate of drug-likeness (QED) is 0.475. The highest BCUT2D eigenvalue weighted by Gasteiger charge is 2.51. The van der Waals surface area contributed by atoms with Crippen molar-refractivity contribution in [2.45, 2.75) is 63.1 Å². The average molecular weight is 458 g/mol. The van der Waals surface area contributed by atoms with Gasteiger partial charge in [0.15, 0.2) is 0 Å². The normalized spacial score (nSPS) is 25.9. The van der Waals surface area contributed by atoms with Crippen molar-refractivity contribution in [2.24, 2.45) is 5.92 Å². The van der Waals surface area contributed by atoms with E-state index in [4.69, 9.17) is 9.47 Å². The molecule has 0 bridgehead atoms. The highest BCUT2D eigenvalue weighted by Crippen LogP contribution is 2.54. The number of hydrogen-bond acceptors (Lipinski definition) is 4. The van der Waals surface area contributed by atoms with Gasteiger partial charge in [0.2, 0.25) is 0 Å². The number of benzene rings is 2. The lowest BCUT2D eigenvalue weighted by atomic mass is 9.52. The van der Waals surface area contributed by atoms with Crippen molar-refractivity contribution in [3.63, 3.8) is 0 Å². The fraction of sp³-hybridized carbons (Fsp3) is 0.433. The van der Waals surface area contributed by atoms with Crippen LogP contribution in [0.25, 0.3) is 0 Å². The predicted molar refractivity (Wildman–Crippen MR) is 134 cm³/mol. The number of pyridine rings is 1. The van der Waals surface area contributed by atoms with Crippen LogP contribution in [0.15, 0.2) is 73.1 Å². The van der Waals surface area contributed by atoms with Crippen LogP contribution in [0.4, 0.5) is 0 Å². The Morgan fingerprint density at radius 1 is 1.03 bits per heavy atom. The largest absolute Gasteiger partial charge is 0.489 e. The molecule has 178 valence electrons. The van der Waals surface area contributed by atoms with E-state index in [1.165, 1.54) is 16.7 Å². The molecule has 3 atom stereocenters. The Labute approximate surface area is 203 Å². The topological polar surface area (TPSA) is 51.6 Å². The molecule has 1 fully saturated rings. The molecule has 1 heterocycles. The summed E-state index contributed by atoms with van der Waals surface area (Å²) in [4.78, 5) is 4.18. The van der Waals surface area contributed by atoms with Gasteiger partial charge in [0, 0.05) is 30.0 Å². The van der Waals surface area contributed by atoms with Gasteiger partial charge < -0.3 is 14.6 Å². The summed E-state index contributed by atoms with van der Waals surface area (Å²) in [6.07, 6.45) is 9.29. The minimum Gasteiger partial charge on any atom is -0.489 e. The Bertz CT molecular complexity index is 1090. The molecule has 1 N–H and O–H groups in total. The van der Waals surface area contributed by atoms with Crippen LogP contribution in [-0.4, -0.2) is 28.9 Å². The predicted octanol–water partition coefficient (Wildman–Crippen LogP) is 5.66. The van der Waals surface area contributed by atoms with E-state index < -0.39 is 5.60 Å². The number of nitrogens with zero attached hydrogens (tertiary/aromatic N) is 1. The lowest BCUT2D eigenvalue weighted by Crippen LogP contribution is -2.52. The monoisotopic (exact) mass is 457 g/mol. The van der Waals surface area contributed by atoms with Gasteiger partial charge in [0.25, 0.3) is 0 Å². The van der Waals surface area contributed by atoms with Crippen molar-refractivity contribution in [1.29, 1.82) is 0 Å². The minimum absolute atomic E-state index is 0.0370. The van der Waals surface area contributed by atoms with E-state index in [1.807, 2.05) is 25.3 Å². The van der Waals surface area contributed by atoms with Gasteiger partial charge in [0.1, 0.15) is 12.4 Å². The number of rotatable bonds is 8. The molecule has 4 nitrogen and oxygen atoms in total. The van der Waals surface area contributed by atoms with Gasteiger partial charge in [-0.3, -0.25) is 4.98 Å². The number of aryl methyl sites for hydroxylation is 1. The maximum atomic E-state index is 11.3. The van der Waals surface area contributed by atoms with Gasteiger partial charge in [-0.2, -0.15) is 0 Å². The van der Waals surface area contributed by atoms with E-state index in [0.29, 0.717) is 25.7 Å². The zero-order valence-electron chi connectivity index (χ0n) is 20.1. The van der Waals surface area contributed by atoms with E-state index in [1.54, 1.807) is 6.20 Å². The van der Waals surface area contributed by atoms with Crippen LogP contribution in [0.2, 0.25) is 0 Å². The molecule has 0 unspecified atom stereocenters. The van der Waals surface area contributed by atoms with Crippen LogP contribution in [0, 0.1) is 5.92 Å². The number of ether oxygens (including phenoxy) is 2. The molecule has 0 aliphatic heterocycles. The summed E-state index contributed by atoms with van der Waals surface area (Å²) in [7, 11) is 0. The molecule has 1 saturated carbocycles. The van der Waals surface area contributed by atoms with Gasteiger partial charge in [-0.05, 0) is 86.3 Å². The Morgan fingerprint density at radius 2 is 1.88 bits per heavy atom. The first-order valence-electron chi connectivity index (χ1n) is 12.6.